The lowest BCUT2D eigenvalue weighted by Crippen LogP contribution is -2.48. The molecule has 7 heteroatoms. The largest absolute Gasteiger partial charge is 0.363 e. The molecule has 3 rings (SSSR count). The van der Waals surface area contributed by atoms with E-state index >= 15 is 0 Å². The highest BCUT2D eigenvalue weighted by Crippen LogP contribution is 2.26. The Morgan fingerprint density at radius 1 is 1.31 bits per heavy atom. The number of thiazole rings is 1. The van der Waals surface area contributed by atoms with Crippen LogP contribution in [0.4, 0.5) is 5.00 Å². The first-order chi connectivity index (χ1) is 12.5. The predicted octanol–water partition coefficient (Wildman–Crippen LogP) is 3.84. The maximum atomic E-state index is 4.74. The number of rotatable bonds is 4. The summed E-state index contributed by atoms with van der Waals surface area (Å²) in [6.45, 7) is 9.50. The van der Waals surface area contributed by atoms with E-state index in [1.165, 1.54) is 10.0 Å². The summed E-state index contributed by atoms with van der Waals surface area (Å²) in [5, 5.41) is 13.8. The van der Waals surface area contributed by atoms with Gasteiger partial charge in [0.15, 0.2) is 5.96 Å². The zero-order valence-electron chi connectivity index (χ0n) is 16.1. The number of nitrogens with one attached hydrogen (secondary N) is 2. The van der Waals surface area contributed by atoms with Gasteiger partial charge in [-0.05, 0) is 30.4 Å². The zero-order valence-corrected chi connectivity index (χ0v) is 17.7. The molecule has 0 atom stereocenters. The number of anilines is 1. The quantitative estimate of drug-likeness (QED) is 0.614. The second kappa shape index (κ2) is 8.39. The summed E-state index contributed by atoms with van der Waals surface area (Å²) >= 11 is 3.56. The van der Waals surface area contributed by atoms with Crippen LogP contribution in [0.2, 0.25) is 0 Å². The van der Waals surface area contributed by atoms with Crippen LogP contribution in [0.1, 0.15) is 44.3 Å². The van der Waals surface area contributed by atoms with Crippen molar-refractivity contribution in [3.8, 4) is 0 Å². The van der Waals surface area contributed by atoms with Crippen molar-refractivity contribution < 1.29 is 0 Å². The van der Waals surface area contributed by atoms with Crippen molar-refractivity contribution in [2.24, 2.45) is 4.99 Å². The van der Waals surface area contributed by atoms with Crippen LogP contribution in [0.15, 0.2) is 27.9 Å². The number of aromatic nitrogens is 1. The first-order valence-corrected chi connectivity index (χ1v) is 10.9. The maximum absolute atomic E-state index is 4.74. The van der Waals surface area contributed by atoms with Gasteiger partial charge in [0.1, 0.15) is 0 Å². The van der Waals surface area contributed by atoms with Crippen molar-refractivity contribution in [2.45, 2.75) is 51.6 Å². The second-order valence-electron chi connectivity index (χ2n) is 7.68. The van der Waals surface area contributed by atoms with E-state index in [1.54, 1.807) is 11.3 Å². The van der Waals surface area contributed by atoms with Crippen molar-refractivity contribution in [1.82, 2.24) is 15.6 Å². The van der Waals surface area contributed by atoms with E-state index < -0.39 is 0 Å². The highest BCUT2D eigenvalue weighted by Gasteiger charge is 2.21. The topological polar surface area (TPSA) is 52.6 Å². The Bertz CT molecular complexity index is 707. The van der Waals surface area contributed by atoms with Crippen molar-refractivity contribution >= 4 is 33.6 Å². The van der Waals surface area contributed by atoms with Crippen LogP contribution in [0.3, 0.4) is 0 Å². The minimum Gasteiger partial charge on any atom is -0.363 e. The average Bonchev–Trinajstić information content (AvgIpc) is 3.30. The van der Waals surface area contributed by atoms with Gasteiger partial charge in [0.2, 0.25) is 0 Å². The summed E-state index contributed by atoms with van der Waals surface area (Å²) in [5.74, 6) is 0.866. The molecule has 142 valence electrons. The third-order valence-corrected chi connectivity index (χ3v) is 6.75. The van der Waals surface area contributed by atoms with Gasteiger partial charge >= 0.3 is 0 Å². The predicted molar refractivity (Wildman–Crippen MR) is 114 cm³/mol. The first-order valence-electron chi connectivity index (χ1n) is 9.16. The van der Waals surface area contributed by atoms with E-state index in [-0.39, 0.29) is 5.41 Å². The molecular formula is C19H29N5S2. The van der Waals surface area contributed by atoms with E-state index in [9.17, 15) is 0 Å². The number of hydrogen-bond acceptors (Lipinski definition) is 5. The fourth-order valence-electron chi connectivity index (χ4n) is 2.99. The Kier molecular flexibility index (Phi) is 6.19. The minimum atomic E-state index is 0.110. The summed E-state index contributed by atoms with van der Waals surface area (Å²) < 4.78 is 0. The lowest BCUT2D eigenvalue weighted by molar-refractivity contribution is 0.462. The maximum Gasteiger partial charge on any atom is 0.191 e. The highest BCUT2D eigenvalue weighted by atomic mass is 32.1. The van der Waals surface area contributed by atoms with Crippen LogP contribution in [0.5, 0.6) is 0 Å². The van der Waals surface area contributed by atoms with Gasteiger partial charge in [-0.2, -0.15) is 0 Å². The number of guanidine groups is 1. The van der Waals surface area contributed by atoms with Crippen molar-refractivity contribution in [2.75, 3.05) is 25.0 Å². The fraction of sp³-hybridized carbons (Fsp3) is 0.579. The van der Waals surface area contributed by atoms with Gasteiger partial charge < -0.3 is 15.5 Å². The molecule has 26 heavy (non-hydrogen) atoms. The minimum absolute atomic E-state index is 0.110. The lowest BCUT2D eigenvalue weighted by Gasteiger charge is -2.33. The van der Waals surface area contributed by atoms with Crippen LogP contribution in [0, 0.1) is 0 Å². The SMILES string of the molecule is CN=C(NCc1csc(C(C)(C)C)n1)NC1CCN(c2cccs2)CC1. The molecule has 0 aromatic carbocycles. The van der Waals surface area contributed by atoms with E-state index in [4.69, 9.17) is 4.98 Å². The van der Waals surface area contributed by atoms with E-state index in [2.05, 4.69) is 64.2 Å². The second-order valence-corrected chi connectivity index (χ2v) is 9.46. The summed E-state index contributed by atoms with van der Waals surface area (Å²) in [4.78, 5) is 11.6. The lowest BCUT2D eigenvalue weighted by atomic mass is 9.98. The molecule has 3 heterocycles. The Morgan fingerprint density at radius 2 is 2.08 bits per heavy atom. The Hall–Kier alpha value is -1.60. The molecule has 0 unspecified atom stereocenters. The van der Waals surface area contributed by atoms with Crippen LogP contribution in [-0.2, 0) is 12.0 Å². The van der Waals surface area contributed by atoms with Crippen LogP contribution in [-0.4, -0.2) is 37.1 Å². The monoisotopic (exact) mass is 391 g/mol. The van der Waals surface area contributed by atoms with Gasteiger partial charge in [-0.25, -0.2) is 4.98 Å². The van der Waals surface area contributed by atoms with E-state index in [1.807, 2.05) is 18.4 Å². The molecule has 0 spiro atoms. The van der Waals surface area contributed by atoms with E-state index in [0.717, 1.165) is 37.6 Å². The fourth-order valence-corrected chi connectivity index (χ4v) is 4.68. The van der Waals surface area contributed by atoms with Crippen molar-refractivity contribution in [3.63, 3.8) is 0 Å². The molecular weight excluding hydrogens is 362 g/mol. The zero-order chi connectivity index (χ0) is 18.6. The number of nitrogens with zero attached hydrogens (tertiary/aromatic N) is 3. The smallest absolute Gasteiger partial charge is 0.191 e. The molecule has 0 amide bonds. The van der Waals surface area contributed by atoms with Crippen molar-refractivity contribution in [3.05, 3.63) is 33.6 Å². The van der Waals surface area contributed by atoms with E-state index in [0.29, 0.717) is 12.6 Å². The molecule has 0 aliphatic carbocycles. The van der Waals surface area contributed by atoms with Gasteiger partial charge in [-0.15, -0.1) is 22.7 Å². The van der Waals surface area contributed by atoms with Gasteiger partial charge in [0.25, 0.3) is 0 Å². The van der Waals surface area contributed by atoms with Crippen LogP contribution < -0.4 is 15.5 Å². The normalized spacial score (nSPS) is 16.8. The molecule has 2 aromatic heterocycles. The van der Waals surface area contributed by atoms with Gasteiger partial charge in [0, 0.05) is 37.0 Å². The third kappa shape index (κ3) is 4.98. The molecule has 0 bridgehead atoms. The molecule has 0 radical (unpaired) electrons. The molecule has 1 saturated heterocycles. The summed E-state index contributed by atoms with van der Waals surface area (Å²) in [5.41, 5.74) is 1.19. The summed E-state index contributed by atoms with van der Waals surface area (Å²) in [6.07, 6.45) is 2.26. The highest BCUT2D eigenvalue weighted by molar-refractivity contribution is 7.14. The van der Waals surface area contributed by atoms with Gasteiger partial charge in [-0.3, -0.25) is 4.99 Å². The third-order valence-electron chi connectivity index (χ3n) is 4.51. The molecule has 1 aliphatic rings. The number of hydrogen-bond donors (Lipinski definition) is 2. The van der Waals surface area contributed by atoms with Crippen LogP contribution >= 0.6 is 22.7 Å². The summed E-state index contributed by atoms with van der Waals surface area (Å²) in [7, 11) is 1.83. The van der Waals surface area contributed by atoms with Gasteiger partial charge in [0.05, 0.1) is 22.2 Å². The van der Waals surface area contributed by atoms with Crippen LogP contribution in [0.25, 0.3) is 0 Å². The first kappa shape index (κ1) is 19.2. The molecule has 1 fully saturated rings. The molecule has 1 aliphatic heterocycles. The number of piperidine rings is 1. The number of aliphatic imine (C=N–C) groups is 1. The van der Waals surface area contributed by atoms with Crippen molar-refractivity contribution in [1.29, 1.82) is 0 Å². The molecule has 2 N–H and O–H groups in total. The standard InChI is InChI=1S/C19H29N5S2/c1-19(2,3)17-22-15(13-26-17)12-21-18(20-4)23-14-7-9-24(10-8-14)16-6-5-11-25-16/h5-6,11,13-14H,7-10,12H2,1-4H3,(H2,20,21,23). The average molecular weight is 392 g/mol. The Morgan fingerprint density at radius 3 is 2.65 bits per heavy atom. The molecule has 2 aromatic rings. The molecule has 5 nitrogen and oxygen atoms in total. The number of thiophene rings is 1. The Labute approximate surface area is 164 Å². The summed E-state index contributed by atoms with van der Waals surface area (Å²) in [6, 6.07) is 4.80. The molecule has 0 saturated carbocycles. The Balaban J connectivity index is 1.46. The van der Waals surface area contributed by atoms with Gasteiger partial charge in [-0.1, -0.05) is 20.8 Å².